The van der Waals surface area contributed by atoms with Crippen LogP contribution in [-0.2, 0) is 0 Å². The van der Waals surface area contributed by atoms with Crippen molar-refractivity contribution in [1.82, 2.24) is 4.90 Å². The maximum absolute atomic E-state index is 2.40. The zero-order valence-electron chi connectivity index (χ0n) is 8.38. The summed E-state index contributed by atoms with van der Waals surface area (Å²) in [7, 11) is 0. The van der Waals surface area contributed by atoms with Gasteiger partial charge in [0.2, 0.25) is 0 Å². The fourth-order valence-electron chi connectivity index (χ4n) is 1.62. The van der Waals surface area contributed by atoms with Gasteiger partial charge in [0.05, 0.1) is 0 Å². The molecule has 0 aromatic carbocycles. The molecule has 0 saturated heterocycles. The molecule has 0 bridgehead atoms. The number of nitrogens with zero attached hydrogens (tertiary/aromatic N) is 1. The Bertz CT molecular complexity index is 187. The average molecular weight is 165 g/mol. The van der Waals surface area contributed by atoms with Gasteiger partial charge in [-0.3, -0.25) is 0 Å². The van der Waals surface area contributed by atoms with Crippen molar-refractivity contribution >= 4 is 0 Å². The monoisotopic (exact) mass is 165 g/mol. The van der Waals surface area contributed by atoms with Crippen molar-refractivity contribution in [2.75, 3.05) is 13.1 Å². The molecule has 1 nitrogen and oxygen atoms in total. The van der Waals surface area contributed by atoms with Gasteiger partial charge in [-0.1, -0.05) is 19.1 Å². The van der Waals surface area contributed by atoms with Crippen LogP contribution >= 0.6 is 0 Å². The Morgan fingerprint density at radius 2 is 2.08 bits per heavy atom. The largest absolute Gasteiger partial charge is 0.372 e. The molecule has 1 unspecified atom stereocenters. The van der Waals surface area contributed by atoms with Crippen LogP contribution in [0.1, 0.15) is 27.2 Å². The third-order valence-corrected chi connectivity index (χ3v) is 2.38. The fraction of sp³-hybridized carbons (Fsp3) is 0.636. The lowest BCUT2D eigenvalue weighted by atomic mass is 10.0. The molecule has 0 heterocycles. The Balaban J connectivity index is 2.65. The van der Waals surface area contributed by atoms with Gasteiger partial charge in [-0.15, -0.1) is 0 Å². The summed E-state index contributed by atoms with van der Waals surface area (Å²) in [6.45, 7) is 8.90. The van der Waals surface area contributed by atoms with E-state index in [9.17, 15) is 0 Å². The molecule has 1 atom stereocenters. The first-order valence-electron chi connectivity index (χ1n) is 4.91. The molecule has 0 aromatic heterocycles. The van der Waals surface area contributed by atoms with E-state index in [1.54, 1.807) is 0 Å². The number of hydrogen-bond acceptors (Lipinski definition) is 1. The third-order valence-electron chi connectivity index (χ3n) is 2.38. The highest BCUT2D eigenvalue weighted by Crippen LogP contribution is 2.18. The quantitative estimate of drug-likeness (QED) is 0.621. The molecule has 0 radical (unpaired) electrons. The Labute approximate surface area is 75.8 Å². The summed E-state index contributed by atoms with van der Waals surface area (Å²) >= 11 is 0. The Morgan fingerprint density at radius 1 is 1.42 bits per heavy atom. The van der Waals surface area contributed by atoms with Gasteiger partial charge < -0.3 is 4.90 Å². The van der Waals surface area contributed by atoms with E-state index in [1.807, 2.05) is 0 Å². The Hall–Kier alpha value is -0.720. The zero-order valence-corrected chi connectivity index (χ0v) is 8.38. The maximum atomic E-state index is 2.40. The van der Waals surface area contributed by atoms with E-state index < -0.39 is 0 Å². The van der Waals surface area contributed by atoms with Crippen LogP contribution in [0.15, 0.2) is 23.9 Å². The molecule has 0 aromatic rings. The second-order valence-electron chi connectivity index (χ2n) is 3.38. The second-order valence-corrected chi connectivity index (χ2v) is 3.38. The van der Waals surface area contributed by atoms with E-state index in [1.165, 1.54) is 12.1 Å². The molecule has 68 valence electrons. The maximum Gasteiger partial charge on any atom is 0.0325 e. The lowest BCUT2D eigenvalue weighted by Crippen LogP contribution is -2.22. The number of hydrogen-bond donors (Lipinski definition) is 0. The van der Waals surface area contributed by atoms with Crippen molar-refractivity contribution in [3.05, 3.63) is 23.9 Å². The second kappa shape index (κ2) is 4.34. The fourth-order valence-corrected chi connectivity index (χ4v) is 1.62. The molecule has 0 fully saturated rings. The van der Waals surface area contributed by atoms with E-state index in [0.29, 0.717) is 5.92 Å². The van der Waals surface area contributed by atoms with Gasteiger partial charge in [-0.05, 0) is 32.3 Å². The van der Waals surface area contributed by atoms with Crippen LogP contribution in [0, 0.1) is 5.92 Å². The molecule has 0 amide bonds. The van der Waals surface area contributed by atoms with Crippen LogP contribution < -0.4 is 0 Å². The molecule has 1 heteroatoms. The molecule has 0 aliphatic heterocycles. The Morgan fingerprint density at radius 3 is 2.58 bits per heavy atom. The lowest BCUT2D eigenvalue weighted by Gasteiger charge is -2.25. The molecular weight excluding hydrogens is 146 g/mol. The zero-order chi connectivity index (χ0) is 8.97. The predicted molar refractivity (Wildman–Crippen MR) is 53.9 cm³/mol. The summed E-state index contributed by atoms with van der Waals surface area (Å²) in [5.41, 5.74) is 1.40. The van der Waals surface area contributed by atoms with Crippen LogP contribution in [0.2, 0.25) is 0 Å². The van der Waals surface area contributed by atoms with Crippen LogP contribution in [0.3, 0.4) is 0 Å². The van der Waals surface area contributed by atoms with Crippen LogP contribution in [0.5, 0.6) is 0 Å². The molecule has 0 saturated carbocycles. The molecular formula is C11H19N. The molecule has 0 N–H and O–H groups in total. The van der Waals surface area contributed by atoms with Gasteiger partial charge >= 0.3 is 0 Å². The molecule has 1 rings (SSSR count). The minimum absolute atomic E-state index is 0.714. The highest BCUT2D eigenvalue weighted by molar-refractivity contribution is 5.22. The standard InChI is InChI=1S/C11H19N/c1-4-12(5-2)11-8-6-7-10(3)9-11/h6,8-10H,4-5,7H2,1-3H3. The van der Waals surface area contributed by atoms with Gasteiger partial charge in [0, 0.05) is 18.8 Å². The van der Waals surface area contributed by atoms with Gasteiger partial charge in [0.1, 0.15) is 0 Å². The third kappa shape index (κ3) is 2.13. The summed E-state index contributed by atoms with van der Waals surface area (Å²) in [4.78, 5) is 2.40. The van der Waals surface area contributed by atoms with Gasteiger partial charge in [-0.2, -0.15) is 0 Å². The molecule has 12 heavy (non-hydrogen) atoms. The minimum Gasteiger partial charge on any atom is -0.372 e. The van der Waals surface area contributed by atoms with Gasteiger partial charge in [0.25, 0.3) is 0 Å². The van der Waals surface area contributed by atoms with Crippen molar-refractivity contribution in [2.45, 2.75) is 27.2 Å². The first-order valence-corrected chi connectivity index (χ1v) is 4.91. The highest BCUT2D eigenvalue weighted by Gasteiger charge is 2.07. The molecule has 1 aliphatic rings. The van der Waals surface area contributed by atoms with Crippen molar-refractivity contribution < 1.29 is 0 Å². The number of rotatable bonds is 3. The number of allylic oxidation sites excluding steroid dienone is 3. The Kier molecular flexibility index (Phi) is 3.39. The highest BCUT2D eigenvalue weighted by atomic mass is 15.1. The van der Waals surface area contributed by atoms with Crippen molar-refractivity contribution in [3.8, 4) is 0 Å². The summed E-state index contributed by atoms with van der Waals surface area (Å²) in [5.74, 6) is 0.714. The normalized spacial score (nSPS) is 22.2. The predicted octanol–water partition coefficient (Wildman–Crippen LogP) is 2.81. The van der Waals surface area contributed by atoms with Crippen LogP contribution in [0.25, 0.3) is 0 Å². The summed E-state index contributed by atoms with van der Waals surface area (Å²) in [5, 5.41) is 0. The summed E-state index contributed by atoms with van der Waals surface area (Å²) < 4.78 is 0. The molecule has 1 aliphatic carbocycles. The average Bonchev–Trinajstić information content (AvgIpc) is 2.07. The summed E-state index contributed by atoms with van der Waals surface area (Å²) in [6, 6.07) is 0. The van der Waals surface area contributed by atoms with E-state index in [2.05, 4.69) is 43.9 Å². The van der Waals surface area contributed by atoms with E-state index in [-0.39, 0.29) is 0 Å². The van der Waals surface area contributed by atoms with E-state index in [0.717, 1.165) is 13.1 Å². The van der Waals surface area contributed by atoms with E-state index >= 15 is 0 Å². The minimum atomic E-state index is 0.714. The van der Waals surface area contributed by atoms with Gasteiger partial charge in [0.15, 0.2) is 0 Å². The van der Waals surface area contributed by atoms with Crippen LogP contribution in [0.4, 0.5) is 0 Å². The first kappa shape index (κ1) is 9.37. The van der Waals surface area contributed by atoms with Crippen molar-refractivity contribution in [3.63, 3.8) is 0 Å². The molecule has 0 spiro atoms. The van der Waals surface area contributed by atoms with Crippen molar-refractivity contribution in [2.24, 2.45) is 5.92 Å². The van der Waals surface area contributed by atoms with Crippen molar-refractivity contribution in [1.29, 1.82) is 0 Å². The lowest BCUT2D eigenvalue weighted by molar-refractivity contribution is 0.388. The first-order chi connectivity index (χ1) is 5.77. The SMILES string of the molecule is CCN(CC)C1=CC(C)CC=C1. The smallest absolute Gasteiger partial charge is 0.0325 e. The van der Waals surface area contributed by atoms with Gasteiger partial charge in [-0.25, -0.2) is 0 Å². The topological polar surface area (TPSA) is 3.24 Å². The van der Waals surface area contributed by atoms with Crippen LogP contribution in [-0.4, -0.2) is 18.0 Å². The van der Waals surface area contributed by atoms with E-state index in [4.69, 9.17) is 0 Å². The summed E-state index contributed by atoms with van der Waals surface area (Å²) in [6.07, 6.45) is 8.09. The number of likely N-dealkylation sites (N-methyl/N-ethyl adjacent to an activating group) is 1.